The number of aliphatic imine (C=N–C) groups is 1. The number of amides is 1. The molecule has 172 valence electrons. The van der Waals surface area contributed by atoms with Crippen LogP contribution in [0.1, 0.15) is 44.1 Å². The molecule has 1 saturated carbocycles. The topological polar surface area (TPSA) is 94.1 Å². The zero-order valence-corrected chi connectivity index (χ0v) is 19.6. The predicted molar refractivity (Wildman–Crippen MR) is 122 cm³/mol. The minimum Gasteiger partial charge on any atom is -0.352 e. The summed E-state index contributed by atoms with van der Waals surface area (Å²) in [5.74, 6) is 1.10. The highest BCUT2D eigenvalue weighted by molar-refractivity contribution is 7.89. The molecule has 1 aromatic rings. The molecule has 0 bridgehead atoms. The van der Waals surface area contributed by atoms with Gasteiger partial charge in [0.2, 0.25) is 15.9 Å². The highest BCUT2D eigenvalue weighted by Gasteiger charge is 2.31. The van der Waals surface area contributed by atoms with Crippen LogP contribution in [0.3, 0.4) is 0 Å². The summed E-state index contributed by atoms with van der Waals surface area (Å²) in [6.07, 6.45) is 6.48. The fourth-order valence-electron chi connectivity index (χ4n) is 4.35. The molecule has 0 spiro atoms. The van der Waals surface area contributed by atoms with E-state index >= 15 is 0 Å². The standard InChI is InChI=1S/C22H35N5O3S/c1-23-22(24-15-18-11-7-8-12-20(18)31(29,30)26(2)3)25-19-13-14-27(16-19)21(28)17-9-5-4-6-10-17/h7-8,11-12,17,19H,4-6,9-10,13-16H2,1-3H3,(H2,23,24,25). The number of sulfonamides is 1. The van der Waals surface area contributed by atoms with E-state index in [0.717, 1.165) is 38.6 Å². The number of carbonyl (C=O) groups is 1. The first-order valence-corrected chi connectivity index (χ1v) is 12.5. The molecule has 1 aliphatic heterocycles. The Hall–Kier alpha value is -2.13. The Labute approximate surface area is 186 Å². The van der Waals surface area contributed by atoms with Crippen molar-refractivity contribution in [3.63, 3.8) is 0 Å². The predicted octanol–water partition coefficient (Wildman–Crippen LogP) is 1.78. The Morgan fingerprint density at radius 3 is 2.55 bits per heavy atom. The van der Waals surface area contributed by atoms with Gasteiger partial charge < -0.3 is 15.5 Å². The van der Waals surface area contributed by atoms with Gasteiger partial charge in [-0.3, -0.25) is 9.79 Å². The number of carbonyl (C=O) groups excluding carboxylic acids is 1. The van der Waals surface area contributed by atoms with Gasteiger partial charge in [-0.25, -0.2) is 12.7 Å². The molecule has 1 amide bonds. The van der Waals surface area contributed by atoms with E-state index in [0.29, 0.717) is 30.5 Å². The molecule has 2 aliphatic rings. The van der Waals surface area contributed by atoms with Gasteiger partial charge in [-0.05, 0) is 30.9 Å². The number of benzene rings is 1. The Morgan fingerprint density at radius 1 is 1.16 bits per heavy atom. The van der Waals surface area contributed by atoms with Crippen LogP contribution in [0.4, 0.5) is 0 Å². The highest BCUT2D eigenvalue weighted by atomic mass is 32.2. The lowest BCUT2D eigenvalue weighted by molar-refractivity contribution is -0.135. The molecule has 1 atom stereocenters. The summed E-state index contributed by atoms with van der Waals surface area (Å²) < 4.78 is 26.4. The molecule has 2 fully saturated rings. The minimum atomic E-state index is -3.52. The summed E-state index contributed by atoms with van der Waals surface area (Å²) in [4.78, 5) is 19.3. The molecule has 0 aromatic heterocycles. The maximum absolute atomic E-state index is 12.8. The Balaban J connectivity index is 1.56. The summed E-state index contributed by atoms with van der Waals surface area (Å²) in [6.45, 7) is 1.79. The molecule has 3 rings (SSSR count). The number of nitrogens with one attached hydrogen (secondary N) is 2. The van der Waals surface area contributed by atoms with Gasteiger partial charge in [0.1, 0.15) is 0 Å². The summed E-state index contributed by atoms with van der Waals surface area (Å²) in [7, 11) is 1.23. The third kappa shape index (κ3) is 5.77. The van der Waals surface area contributed by atoms with Crippen molar-refractivity contribution in [3.8, 4) is 0 Å². The van der Waals surface area contributed by atoms with Crippen LogP contribution in [0, 0.1) is 5.92 Å². The molecule has 1 heterocycles. The van der Waals surface area contributed by atoms with Gasteiger partial charge in [-0.2, -0.15) is 0 Å². The van der Waals surface area contributed by atoms with Gasteiger partial charge in [0.05, 0.1) is 4.90 Å². The van der Waals surface area contributed by atoms with Crippen LogP contribution >= 0.6 is 0 Å². The van der Waals surface area contributed by atoms with Gasteiger partial charge >= 0.3 is 0 Å². The Kier molecular flexibility index (Phi) is 7.94. The third-order valence-electron chi connectivity index (χ3n) is 6.20. The first kappa shape index (κ1) is 23.5. The fourth-order valence-corrected chi connectivity index (χ4v) is 5.47. The molecular weight excluding hydrogens is 414 g/mol. The second kappa shape index (κ2) is 10.5. The van der Waals surface area contributed by atoms with Crippen LogP contribution in [0.5, 0.6) is 0 Å². The number of hydrogen-bond acceptors (Lipinski definition) is 4. The quantitative estimate of drug-likeness (QED) is 0.510. The number of nitrogens with zero attached hydrogens (tertiary/aromatic N) is 3. The molecule has 1 aromatic carbocycles. The van der Waals surface area contributed by atoms with Crippen molar-refractivity contribution >= 4 is 21.9 Å². The van der Waals surface area contributed by atoms with Gasteiger partial charge in [0, 0.05) is 52.7 Å². The third-order valence-corrected chi connectivity index (χ3v) is 8.11. The average Bonchev–Trinajstić information content (AvgIpc) is 3.25. The van der Waals surface area contributed by atoms with Crippen LogP contribution in [-0.2, 0) is 21.4 Å². The van der Waals surface area contributed by atoms with Crippen molar-refractivity contribution in [1.29, 1.82) is 0 Å². The van der Waals surface area contributed by atoms with E-state index in [1.165, 1.54) is 24.8 Å². The maximum atomic E-state index is 12.8. The summed E-state index contributed by atoms with van der Waals surface area (Å²) in [6, 6.07) is 7.11. The average molecular weight is 450 g/mol. The van der Waals surface area contributed by atoms with E-state index < -0.39 is 10.0 Å². The minimum absolute atomic E-state index is 0.138. The van der Waals surface area contributed by atoms with E-state index in [4.69, 9.17) is 0 Å². The van der Waals surface area contributed by atoms with Gasteiger partial charge in [0.15, 0.2) is 5.96 Å². The molecular formula is C22H35N5O3S. The smallest absolute Gasteiger partial charge is 0.242 e. The fraction of sp³-hybridized carbons (Fsp3) is 0.636. The number of likely N-dealkylation sites (tertiary alicyclic amines) is 1. The summed E-state index contributed by atoms with van der Waals surface area (Å²) in [5, 5.41) is 6.61. The van der Waals surface area contributed by atoms with Crippen molar-refractivity contribution in [2.75, 3.05) is 34.2 Å². The first-order valence-electron chi connectivity index (χ1n) is 11.1. The number of guanidine groups is 1. The highest BCUT2D eigenvalue weighted by Crippen LogP contribution is 2.26. The molecule has 1 saturated heterocycles. The molecule has 1 unspecified atom stereocenters. The second-order valence-electron chi connectivity index (χ2n) is 8.57. The lowest BCUT2D eigenvalue weighted by Gasteiger charge is -2.26. The van der Waals surface area contributed by atoms with Crippen LogP contribution in [0.25, 0.3) is 0 Å². The number of hydrogen-bond donors (Lipinski definition) is 2. The van der Waals surface area contributed by atoms with Crippen molar-refractivity contribution in [2.45, 2.75) is 56.0 Å². The maximum Gasteiger partial charge on any atom is 0.242 e. The Morgan fingerprint density at radius 2 is 1.87 bits per heavy atom. The van der Waals surface area contributed by atoms with Gasteiger partial charge in [0.25, 0.3) is 0 Å². The van der Waals surface area contributed by atoms with E-state index in [9.17, 15) is 13.2 Å². The summed E-state index contributed by atoms with van der Waals surface area (Å²) >= 11 is 0. The largest absolute Gasteiger partial charge is 0.352 e. The van der Waals surface area contributed by atoms with Crippen LogP contribution < -0.4 is 10.6 Å². The molecule has 0 radical (unpaired) electrons. The molecule has 8 nitrogen and oxygen atoms in total. The second-order valence-corrected chi connectivity index (χ2v) is 10.7. The van der Waals surface area contributed by atoms with Crippen molar-refractivity contribution in [1.82, 2.24) is 19.8 Å². The zero-order valence-electron chi connectivity index (χ0n) is 18.8. The monoisotopic (exact) mass is 449 g/mol. The van der Waals surface area contributed by atoms with E-state index in [1.54, 1.807) is 25.2 Å². The van der Waals surface area contributed by atoms with Crippen LogP contribution in [0.15, 0.2) is 34.2 Å². The van der Waals surface area contributed by atoms with Crippen LogP contribution in [-0.4, -0.2) is 69.8 Å². The molecule has 9 heteroatoms. The van der Waals surface area contributed by atoms with E-state index in [2.05, 4.69) is 15.6 Å². The summed E-state index contributed by atoms with van der Waals surface area (Å²) in [5.41, 5.74) is 0.680. The van der Waals surface area contributed by atoms with E-state index in [-0.39, 0.29) is 16.9 Å². The zero-order chi connectivity index (χ0) is 22.4. The first-order chi connectivity index (χ1) is 14.8. The lowest BCUT2D eigenvalue weighted by Crippen LogP contribution is -2.45. The van der Waals surface area contributed by atoms with Crippen LogP contribution in [0.2, 0.25) is 0 Å². The van der Waals surface area contributed by atoms with Crippen molar-refractivity contribution in [3.05, 3.63) is 29.8 Å². The Bertz CT molecular complexity index is 894. The molecule has 2 N–H and O–H groups in total. The van der Waals surface area contributed by atoms with E-state index in [1.807, 2.05) is 11.0 Å². The lowest BCUT2D eigenvalue weighted by atomic mass is 9.88. The normalized spacial score (nSPS) is 20.8. The van der Waals surface area contributed by atoms with Gasteiger partial charge in [-0.15, -0.1) is 0 Å². The molecule has 1 aliphatic carbocycles. The van der Waals surface area contributed by atoms with Gasteiger partial charge in [-0.1, -0.05) is 37.5 Å². The van der Waals surface area contributed by atoms with Crippen molar-refractivity contribution < 1.29 is 13.2 Å². The van der Waals surface area contributed by atoms with Crippen molar-refractivity contribution in [2.24, 2.45) is 10.9 Å². The SMILES string of the molecule is CN=C(NCc1ccccc1S(=O)(=O)N(C)C)NC1CCN(C(=O)C2CCCCC2)C1. The number of rotatable bonds is 6. The molecule has 31 heavy (non-hydrogen) atoms.